The van der Waals surface area contributed by atoms with Crippen LogP contribution in [0.25, 0.3) is 0 Å². The van der Waals surface area contributed by atoms with E-state index in [4.69, 9.17) is 11.6 Å². The molecule has 0 bridgehead atoms. The van der Waals surface area contributed by atoms with E-state index in [0.29, 0.717) is 37.6 Å². The van der Waals surface area contributed by atoms with Crippen molar-refractivity contribution in [2.45, 2.75) is 19.8 Å². The van der Waals surface area contributed by atoms with Crippen LogP contribution in [-0.2, 0) is 4.79 Å². The average molecular weight is 303 g/mol. The summed E-state index contributed by atoms with van der Waals surface area (Å²) in [5.74, 6) is -0.0246. The first-order valence-corrected chi connectivity index (χ1v) is 7.37. The number of nitrogens with zero attached hydrogens (tertiary/aromatic N) is 4. The van der Waals surface area contributed by atoms with Crippen LogP contribution in [0.2, 0.25) is 4.47 Å². The normalized spacial score (nSPS) is 16.3. The minimum atomic E-state index is -0.157. The molecule has 6 nitrogen and oxygen atoms in total. The van der Waals surface area contributed by atoms with E-state index in [9.17, 15) is 9.59 Å². The van der Waals surface area contributed by atoms with Crippen molar-refractivity contribution in [1.82, 2.24) is 20.0 Å². The molecular weight excluding hydrogens is 288 g/mol. The maximum Gasteiger partial charge on any atom is 0.284 e. The van der Waals surface area contributed by atoms with Gasteiger partial charge in [0.15, 0.2) is 0 Å². The third-order valence-electron chi connectivity index (χ3n) is 3.02. The van der Waals surface area contributed by atoms with E-state index in [0.717, 1.165) is 17.8 Å². The Morgan fingerprint density at radius 1 is 1.21 bits per heavy atom. The van der Waals surface area contributed by atoms with Crippen molar-refractivity contribution in [3.05, 3.63) is 9.47 Å². The van der Waals surface area contributed by atoms with Crippen molar-refractivity contribution in [2.75, 3.05) is 26.2 Å². The highest BCUT2D eigenvalue weighted by Gasteiger charge is 2.24. The number of halogens is 1. The average Bonchev–Trinajstić information content (AvgIpc) is 2.71. The van der Waals surface area contributed by atoms with E-state index in [2.05, 4.69) is 10.2 Å². The minimum absolute atomic E-state index is 0.133. The number of hydrogen-bond acceptors (Lipinski definition) is 5. The maximum atomic E-state index is 12.2. The second kappa shape index (κ2) is 6.29. The lowest BCUT2D eigenvalue weighted by molar-refractivity contribution is -0.130. The molecule has 0 aromatic carbocycles. The number of carbonyl (C=O) groups is 2. The van der Waals surface area contributed by atoms with Crippen molar-refractivity contribution in [2.24, 2.45) is 0 Å². The first kappa shape index (κ1) is 14.2. The van der Waals surface area contributed by atoms with Gasteiger partial charge in [-0.15, -0.1) is 10.2 Å². The highest BCUT2D eigenvalue weighted by Crippen LogP contribution is 2.17. The Kier molecular flexibility index (Phi) is 4.71. The van der Waals surface area contributed by atoms with E-state index in [-0.39, 0.29) is 16.3 Å². The van der Waals surface area contributed by atoms with Crippen LogP contribution in [0.1, 0.15) is 29.6 Å². The summed E-state index contributed by atoms with van der Waals surface area (Å²) in [5.41, 5.74) is 0. The molecule has 19 heavy (non-hydrogen) atoms. The second-order valence-corrected chi connectivity index (χ2v) is 5.80. The predicted molar refractivity (Wildman–Crippen MR) is 72.3 cm³/mol. The van der Waals surface area contributed by atoms with Gasteiger partial charge in [-0.1, -0.05) is 18.3 Å². The molecule has 0 spiro atoms. The summed E-state index contributed by atoms with van der Waals surface area (Å²) in [6, 6.07) is 0. The van der Waals surface area contributed by atoms with Crippen LogP contribution in [0, 0.1) is 0 Å². The summed E-state index contributed by atoms with van der Waals surface area (Å²) in [6.45, 7) is 4.28. The highest BCUT2D eigenvalue weighted by atomic mass is 35.5. The summed E-state index contributed by atoms with van der Waals surface area (Å²) in [7, 11) is 0. The van der Waals surface area contributed by atoms with Gasteiger partial charge in [-0.25, -0.2) is 0 Å². The Bertz CT molecular complexity index is 479. The van der Waals surface area contributed by atoms with Crippen LogP contribution in [0.4, 0.5) is 0 Å². The molecule has 0 N–H and O–H groups in total. The number of rotatable bonds is 2. The van der Waals surface area contributed by atoms with Gasteiger partial charge in [0.05, 0.1) is 0 Å². The minimum Gasteiger partial charge on any atom is -0.341 e. The molecule has 0 atom stereocenters. The summed E-state index contributed by atoms with van der Waals surface area (Å²) < 4.78 is 0.265. The topological polar surface area (TPSA) is 66.4 Å². The van der Waals surface area contributed by atoms with Crippen LogP contribution >= 0.6 is 22.9 Å². The summed E-state index contributed by atoms with van der Waals surface area (Å²) in [4.78, 5) is 27.4. The van der Waals surface area contributed by atoms with Crippen molar-refractivity contribution in [3.63, 3.8) is 0 Å². The van der Waals surface area contributed by atoms with Gasteiger partial charge < -0.3 is 9.80 Å². The first-order valence-electron chi connectivity index (χ1n) is 6.18. The Balaban J connectivity index is 1.99. The maximum absolute atomic E-state index is 12.2. The molecule has 1 aliphatic rings. The van der Waals surface area contributed by atoms with Crippen LogP contribution in [-0.4, -0.2) is 58.0 Å². The number of hydrogen-bond donors (Lipinski definition) is 0. The molecule has 1 saturated heterocycles. The monoisotopic (exact) mass is 302 g/mol. The zero-order valence-electron chi connectivity index (χ0n) is 10.6. The van der Waals surface area contributed by atoms with Crippen molar-refractivity contribution < 1.29 is 9.59 Å². The van der Waals surface area contributed by atoms with Crippen LogP contribution in [0.5, 0.6) is 0 Å². The van der Waals surface area contributed by atoms with Crippen molar-refractivity contribution in [1.29, 1.82) is 0 Å². The van der Waals surface area contributed by atoms with E-state index in [1.807, 2.05) is 6.92 Å². The molecule has 1 aromatic heterocycles. The van der Waals surface area contributed by atoms with E-state index < -0.39 is 0 Å². The molecule has 2 heterocycles. The molecule has 8 heteroatoms. The SMILES string of the molecule is CCC(=O)N1CCCN(C(=O)c2nnc(Cl)s2)CC1. The molecule has 1 aliphatic heterocycles. The molecule has 0 radical (unpaired) electrons. The summed E-state index contributed by atoms with van der Waals surface area (Å²) in [6.07, 6.45) is 1.28. The molecule has 1 aromatic rings. The van der Waals surface area contributed by atoms with Crippen molar-refractivity contribution >= 4 is 34.8 Å². The molecule has 0 saturated carbocycles. The molecule has 1 fully saturated rings. The van der Waals surface area contributed by atoms with Crippen LogP contribution < -0.4 is 0 Å². The molecule has 104 valence electrons. The Morgan fingerprint density at radius 2 is 1.89 bits per heavy atom. The van der Waals surface area contributed by atoms with Gasteiger partial charge in [-0.2, -0.15) is 0 Å². The standard InChI is InChI=1S/C11H15ClN4O2S/c1-2-8(17)15-4-3-5-16(7-6-15)10(18)9-13-14-11(12)19-9/h2-7H2,1H3. The fourth-order valence-electron chi connectivity index (χ4n) is 2.02. The lowest BCUT2D eigenvalue weighted by atomic mass is 10.3. The number of amides is 2. The third kappa shape index (κ3) is 3.42. The van der Waals surface area contributed by atoms with Gasteiger partial charge in [0, 0.05) is 32.6 Å². The molecule has 2 rings (SSSR count). The first-order chi connectivity index (χ1) is 9.11. The van der Waals surface area contributed by atoms with Gasteiger partial charge in [0.25, 0.3) is 5.91 Å². The smallest absolute Gasteiger partial charge is 0.284 e. The second-order valence-electron chi connectivity index (χ2n) is 4.24. The van der Waals surface area contributed by atoms with E-state index in [1.54, 1.807) is 9.80 Å². The highest BCUT2D eigenvalue weighted by molar-refractivity contribution is 7.17. The number of carbonyl (C=O) groups excluding carboxylic acids is 2. The quantitative estimate of drug-likeness (QED) is 0.825. The molecule has 0 unspecified atom stereocenters. The summed E-state index contributed by atoms with van der Waals surface area (Å²) in [5, 5.41) is 7.70. The number of aromatic nitrogens is 2. The zero-order valence-corrected chi connectivity index (χ0v) is 12.2. The van der Waals surface area contributed by atoms with Crippen LogP contribution in [0.3, 0.4) is 0 Å². The largest absolute Gasteiger partial charge is 0.341 e. The van der Waals surface area contributed by atoms with Gasteiger partial charge in [0.2, 0.25) is 15.4 Å². The Hall–Kier alpha value is -1.21. The predicted octanol–water partition coefficient (Wildman–Crippen LogP) is 1.28. The fraction of sp³-hybridized carbons (Fsp3) is 0.636. The van der Waals surface area contributed by atoms with Gasteiger partial charge in [0.1, 0.15) is 0 Å². The van der Waals surface area contributed by atoms with Gasteiger partial charge in [-0.3, -0.25) is 9.59 Å². The molecular formula is C11H15ClN4O2S. The zero-order chi connectivity index (χ0) is 13.8. The van der Waals surface area contributed by atoms with Crippen molar-refractivity contribution in [3.8, 4) is 0 Å². The lowest BCUT2D eigenvalue weighted by Crippen LogP contribution is -2.37. The summed E-state index contributed by atoms with van der Waals surface area (Å²) >= 11 is 6.76. The fourth-order valence-corrected chi connectivity index (χ4v) is 2.82. The molecule has 0 aliphatic carbocycles. The molecule has 2 amide bonds. The third-order valence-corrected chi connectivity index (χ3v) is 4.03. The Morgan fingerprint density at radius 3 is 2.53 bits per heavy atom. The van der Waals surface area contributed by atoms with E-state index >= 15 is 0 Å². The van der Waals surface area contributed by atoms with Gasteiger partial charge in [-0.05, 0) is 18.0 Å². The van der Waals surface area contributed by atoms with Gasteiger partial charge >= 0.3 is 0 Å². The van der Waals surface area contributed by atoms with E-state index in [1.165, 1.54) is 0 Å². The Labute approximate surface area is 120 Å². The lowest BCUT2D eigenvalue weighted by Gasteiger charge is -2.21. The van der Waals surface area contributed by atoms with Crippen LogP contribution in [0.15, 0.2) is 0 Å².